The number of hydrogen-bond acceptors (Lipinski definition) is 2. The summed E-state index contributed by atoms with van der Waals surface area (Å²) in [4.78, 5) is 2.63. The van der Waals surface area contributed by atoms with Gasteiger partial charge in [0.05, 0.1) is 0 Å². The molecule has 0 radical (unpaired) electrons. The van der Waals surface area contributed by atoms with Crippen LogP contribution in [0.4, 0.5) is 0 Å². The second-order valence-corrected chi connectivity index (χ2v) is 6.33. The van der Waals surface area contributed by atoms with E-state index in [2.05, 4.69) is 24.2 Å². The molecule has 2 fully saturated rings. The SMILES string of the molecule is CC1CCC(N(C)CCC2CCCCN2)CC1. The molecule has 0 aromatic rings. The molecule has 0 spiro atoms. The average molecular weight is 238 g/mol. The van der Waals surface area contributed by atoms with Crippen LogP contribution in [0.25, 0.3) is 0 Å². The highest BCUT2D eigenvalue weighted by Gasteiger charge is 2.22. The Morgan fingerprint density at radius 2 is 1.82 bits per heavy atom. The van der Waals surface area contributed by atoms with Gasteiger partial charge in [0, 0.05) is 12.1 Å². The number of piperidine rings is 1. The molecule has 1 saturated carbocycles. The molecule has 17 heavy (non-hydrogen) atoms. The van der Waals surface area contributed by atoms with Crippen molar-refractivity contribution in [3.8, 4) is 0 Å². The largest absolute Gasteiger partial charge is 0.314 e. The quantitative estimate of drug-likeness (QED) is 0.810. The molecule has 2 rings (SSSR count). The fraction of sp³-hybridized carbons (Fsp3) is 1.00. The third-order valence-electron chi connectivity index (χ3n) is 4.85. The van der Waals surface area contributed by atoms with Crippen LogP contribution in [-0.2, 0) is 0 Å². The van der Waals surface area contributed by atoms with Crippen molar-refractivity contribution in [2.24, 2.45) is 5.92 Å². The van der Waals surface area contributed by atoms with E-state index in [0.717, 1.165) is 18.0 Å². The van der Waals surface area contributed by atoms with Crippen LogP contribution in [-0.4, -0.2) is 37.1 Å². The Labute approximate surface area is 107 Å². The average Bonchev–Trinajstić information content (AvgIpc) is 2.38. The molecule has 2 nitrogen and oxygen atoms in total. The lowest BCUT2D eigenvalue weighted by Gasteiger charge is -2.35. The summed E-state index contributed by atoms with van der Waals surface area (Å²) < 4.78 is 0. The predicted molar refractivity (Wildman–Crippen MR) is 74.3 cm³/mol. The first-order valence-corrected chi connectivity index (χ1v) is 7.69. The van der Waals surface area contributed by atoms with Crippen molar-refractivity contribution in [3.63, 3.8) is 0 Å². The van der Waals surface area contributed by atoms with E-state index >= 15 is 0 Å². The summed E-state index contributed by atoms with van der Waals surface area (Å²) in [5.74, 6) is 0.972. The van der Waals surface area contributed by atoms with Crippen LogP contribution in [0.3, 0.4) is 0 Å². The van der Waals surface area contributed by atoms with E-state index in [1.807, 2.05) is 0 Å². The van der Waals surface area contributed by atoms with Crippen molar-refractivity contribution in [1.82, 2.24) is 10.2 Å². The monoisotopic (exact) mass is 238 g/mol. The molecule has 1 atom stereocenters. The molecule has 0 aromatic carbocycles. The van der Waals surface area contributed by atoms with Crippen LogP contribution < -0.4 is 5.32 Å². The Bertz CT molecular complexity index is 203. The van der Waals surface area contributed by atoms with Crippen LogP contribution in [0.15, 0.2) is 0 Å². The normalized spacial score (nSPS) is 35.1. The van der Waals surface area contributed by atoms with Gasteiger partial charge in [0.15, 0.2) is 0 Å². The standard InChI is InChI=1S/C15H30N2/c1-13-6-8-15(9-7-13)17(2)12-10-14-5-3-4-11-16-14/h13-16H,3-12H2,1-2H3. The molecule has 0 amide bonds. The van der Waals surface area contributed by atoms with Gasteiger partial charge in [0.25, 0.3) is 0 Å². The Morgan fingerprint density at radius 3 is 2.47 bits per heavy atom. The number of nitrogens with zero attached hydrogens (tertiary/aromatic N) is 1. The molecule has 2 aliphatic rings. The first-order valence-electron chi connectivity index (χ1n) is 7.69. The van der Waals surface area contributed by atoms with Gasteiger partial charge in [-0.3, -0.25) is 0 Å². The van der Waals surface area contributed by atoms with Gasteiger partial charge in [-0.15, -0.1) is 0 Å². The Balaban J connectivity index is 1.64. The van der Waals surface area contributed by atoms with E-state index in [1.54, 1.807) is 0 Å². The van der Waals surface area contributed by atoms with Crippen LogP contribution >= 0.6 is 0 Å². The van der Waals surface area contributed by atoms with E-state index in [4.69, 9.17) is 0 Å². The molecule has 1 aliphatic heterocycles. The highest BCUT2D eigenvalue weighted by Crippen LogP contribution is 2.26. The van der Waals surface area contributed by atoms with Crippen molar-refractivity contribution in [1.29, 1.82) is 0 Å². The lowest BCUT2D eigenvalue weighted by molar-refractivity contribution is 0.161. The molecule has 1 heterocycles. The van der Waals surface area contributed by atoms with Crippen molar-refractivity contribution < 1.29 is 0 Å². The van der Waals surface area contributed by atoms with Crippen LogP contribution in [0.1, 0.15) is 58.3 Å². The molecular weight excluding hydrogens is 208 g/mol. The maximum absolute atomic E-state index is 3.66. The third kappa shape index (κ3) is 4.26. The Morgan fingerprint density at radius 1 is 1.06 bits per heavy atom. The highest BCUT2D eigenvalue weighted by atomic mass is 15.1. The molecule has 0 bridgehead atoms. The molecule has 1 unspecified atom stereocenters. The van der Waals surface area contributed by atoms with Crippen molar-refractivity contribution >= 4 is 0 Å². The summed E-state index contributed by atoms with van der Waals surface area (Å²) in [6.07, 6.45) is 11.3. The van der Waals surface area contributed by atoms with E-state index in [-0.39, 0.29) is 0 Å². The third-order valence-corrected chi connectivity index (χ3v) is 4.85. The zero-order valence-electron chi connectivity index (χ0n) is 11.8. The van der Waals surface area contributed by atoms with Crippen LogP contribution in [0, 0.1) is 5.92 Å². The Kier molecular flexibility index (Phi) is 5.30. The predicted octanol–water partition coefficient (Wildman–Crippen LogP) is 3.03. The van der Waals surface area contributed by atoms with Crippen LogP contribution in [0.5, 0.6) is 0 Å². The number of rotatable bonds is 4. The minimum absolute atomic E-state index is 0.800. The van der Waals surface area contributed by atoms with Gasteiger partial charge in [-0.05, 0) is 71.0 Å². The van der Waals surface area contributed by atoms with E-state index in [0.29, 0.717) is 0 Å². The second-order valence-electron chi connectivity index (χ2n) is 6.33. The molecule has 1 N–H and O–H groups in total. The minimum Gasteiger partial charge on any atom is -0.314 e. The smallest absolute Gasteiger partial charge is 0.00924 e. The molecule has 2 heteroatoms. The second kappa shape index (κ2) is 6.75. The lowest BCUT2D eigenvalue weighted by atomic mass is 9.86. The topological polar surface area (TPSA) is 15.3 Å². The van der Waals surface area contributed by atoms with E-state index in [9.17, 15) is 0 Å². The highest BCUT2D eigenvalue weighted by molar-refractivity contribution is 4.79. The summed E-state index contributed by atoms with van der Waals surface area (Å²) in [6.45, 7) is 4.94. The van der Waals surface area contributed by atoms with Gasteiger partial charge in [-0.2, -0.15) is 0 Å². The van der Waals surface area contributed by atoms with Gasteiger partial charge in [0.1, 0.15) is 0 Å². The lowest BCUT2D eigenvalue weighted by Crippen LogP contribution is -2.40. The van der Waals surface area contributed by atoms with E-state index in [1.165, 1.54) is 64.5 Å². The maximum atomic E-state index is 3.66. The number of nitrogens with one attached hydrogen (secondary N) is 1. The van der Waals surface area contributed by atoms with Crippen molar-refractivity contribution in [3.05, 3.63) is 0 Å². The fourth-order valence-electron chi connectivity index (χ4n) is 3.40. The molecule has 100 valence electrons. The molecule has 1 saturated heterocycles. The maximum Gasteiger partial charge on any atom is 0.00924 e. The summed E-state index contributed by atoms with van der Waals surface area (Å²) in [7, 11) is 2.34. The van der Waals surface area contributed by atoms with E-state index < -0.39 is 0 Å². The first-order chi connectivity index (χ1) is 8.25. The first kappa shape index (κ1) is 13.4. The van der Waals surface area contributed by atoms with Crippen molar-refractivity contribution in [2.75, 3.05) is 20.1 Å². The summed E-state index contributed by atoms with van der Waals surface area (Å²) >= 11 is 0. The summed E-state index contributed by atoms with van der Waals surface area (Å²) in [6, 6.07) is 1.67. The van der Waals surface area contributed by atoms with Gasteiger partial charge in [-0.1, -0.05) is 13.3 Å². The van der Waals surface area contributed by atoms with Crippen molar-refractivity contribution in [2.45, 2.75) is 70.4 Å². The van der Waals surface area contributed by atoms with Crippen LogP contribution in [0.2, 0.25) is 0 Å². The molecular formula is C15H30N2. The van der Waals surface area contributed by atoms with Gasteiger partial charge in [0.2, 0.25) is 0 Å². The Hall–Kier alpha value is -0.0800. The van der Waals surface area contributed by atoms with Gasteiger partial charge < -0.3 is 10.2 Å². The van der Waals surface area contributed by atoms with Gasteiger partial charge in [-0.25, -0.2) is 0 Å². The molecule has 0 aromatic heterocycles. The molecule has 1 aliphatic carbocycles. The number of hydrogen-bond donors (Lipinski definition) is 1. The minimum atomic E-state index is 0.800. The fourth-order valence-corrected chi connectivity index (χ4v) is 3.40. The zero-order valence-corrected chi connectivity index (χ0v) is 11.8. The summed E-state index contributed by atoms with van der Waals surface area (Å²) in [5.41, 5.74) is 0. The zero-order chi connectivity index (χ0) is 12.1. The summed E-state index contributed by atoms with van der Waals surface area (Å²) in [5, 5.41) is 3.66. The van der Waals surface area contributed by atoms with Gasteiger partial charge >= 0.3 is 0 Å².